The number of nitrogens with two attached hydrogens (primary N) is 1. The number of aryl methyl sites for hydroxylation is 1. The molecule has 6 nitrogen and oxygen atoms in total. The van der Waals surface area contributed by atoms with Gasteiger partial charge in [-0.15, -0.1) is 11.3 Å². The van der Waals surface area contributed by atoms with E-state index in [0.29, 0.717) is 11.3 Å². The summed E-state index contributed by atoms with van der Waals surface area (Å²) in [6.45, 7) is 1.97. The number of thiazole rings is 1. The Morgan fingerprint density at radius 1 is 1.25 bits per heavy atom. The van der Waals surface area contributed by atoms with E-state index in [1.165, 1.54) is 6.20 Å². The van der Waals surface area contributed by atoms with Crippen LogP contribution in [0.2, 0.25) is 0 Å². The molecule has 0 aliphatic heterocycles. The molecule has 4 heterocycles. The fraction of sp³-hybridized carbons (Fsp3) is 0.0588. The molecule has 24 heavy (non-hydrogen) atoms. The number of fused-ring (bicyclic) bond motifs is 1. The van der Waals surface area contributed by atoms with E-state index < -0.39 is 5.91 Å². The van der Waals surface area contributed by atoms with Crippen LogP contribution in [0.15, 0.2) is 48.2 Å². The maximum atomic E-state index is 11.6. The van der Waals surface area contributed by atoms with Gasteiger partial charge in [-0.25, -0.2) is 9.97 Å². The van der Waals surface area contributed by atoms with Gasteiger partial charge in [0.05, 0.1) is 11.9 Å². The standard InChI is InChI=1S/C17H13N5OS/c1-10-9-24-17(21-10)12-3-2-6-19-15(12)11-4-5-14-20-7-13(16(18)23)22(14)8-11/h2-9H,1H3,(H2,18,23). The molecule has 0 saturated carbocycles. The summed E-state index contributed by atoms with van der Waals surface area (Å²) in [4.78, 5) is 24.8. The van der Waals surface area contributed by atoms with Gasteiger partial charge in [0.1, 0.15) is 16.3 Å². The monoisotopic (exact) mass is 335 g/mol. The van der Waals surface area contributed by atoms with E-state index in [0.717, 1.165) is 27.5 Å². The number of nitrogens with zero attached hydrogens (tertiary/aromatic N) is 4. The number of imidazole rings is 1. The zero-order valence-corrected chi connectivity index (χ0v) is 13.6. The summed E-state index contributed by atoms with van der Waals surface area (Å²) in [5, 5.41) is 2.92. The maximum Gasteiger partial charge on any atom is 0.267 e. The first-order valence-corrected chi connectivity index (χ1v) is 8.16. The van der Waals surface area contributed by atoms with Gasteiger partial charge in [0.25, 0.3) is 5.91 Å². The smallest absolute Gasteiger partial charge is 0.267 e. The zero-order chi connectivity index (χ0) is 16.7. The molecule has 0 fully saturated rings. The summed E-state index contributed by atoms with van der Waals surface area (Å²) in [5.41, 5.74) is 10.0. The average molecular weight is 335 g/mol. The van der Waals surface area contributed by atoms with Crippen molar-refractivity contribution in [3.05, 3.63) is 59.6 Å². The fourth-order valence-corrected chi connectivity index (χ4v) is 3.41. The van der Waals surface area contributed by atoms with Crippen LogP contribution in [0.1, 0.15) is 16.2 Å². The Labute approximate surface area is 141 Å². The molecule has 0 atom stereocenters. The Balaban J connectivity index is 1.92. The van der Waals surface area contributed by atoms with Gasteiger partial charge in [0.2, 0.25) is 0 Å². The summed E-state index contributed by atoms with van der Waals surface area (Å²) < 4.78 is 1.68. The number of rotatable bonds is 3. The van der Waals surface area contributed by atoms with Gasteiger partial charge < -0.3 is 5.73 Å². The van der Waals surface area contributed by atoms with Crippen LogP contribution < -0.4 is 5.73 Å². The zero-order valence-electron chi connectivity index (χ0n) is 12.8. The molecule has 0 aliphatic rings. The van der Waals surface area contributed by atoms with Crippen LogP contribution in [0.25, 0.3) is 27.5 Å². The van der Waals surface area contributed by atoms with Crippen molar-refractivity contribution in [1.29, 1.82) is 0 Å². The van der Waals surface area contributed by atoms with Crippen molar-refractivity contribution in [2.45, 2.75) is 6.92 Å². The molecule has 1 amide bonds. The second-order valence-electron chi connectivity index (χ2n) is 5.35. The molecule has 4 aromatic rings. The lowest BCUT2D eigenvalue weighted by atomic mass is 10.1. The molecule has 7 heteroatoms. The van der Waals surface area contributed by atoms with Gasteiger partial charge in [-0.3, -0.25) is 14.2 Å². The Hall–Kier alpha value is -3.06. The first-order chi connectivity index (χ1) is 11.6. The molecule has 0 radical (unpaired) electrons. The molecular weight excluding hydrogens is 322 g/mol. The van der Waals surface area contributed by atoms with Crippen molar-refractivity contribution >= 4 is 22.9 Å². The molecule has 4 rings (SSSR count). The lowest BCUT2D eigenvalue weighted by molar-refractivity contribution is 0.0995. The average Bonchev–Trinajstić information content (AvgIpc) is 3.20. The lowest BCUT2D eigenvalue weighted by Crippen LogP contribution is -2.13. The number of amides is 1. The normalized spacial score (nSPS) is 11.0. The van der Waals surface area contributed by atoms with Crippen LogP contribution in [-0.4, -0.2) is 25.3 Å². The van der Waals surface area contributed by atoms with Crippen molar-refractivity contribution in [2.24, 2.45) is 5.73 Å². The van der Waals surface area contributed by atoms with Crippen molar-refractivity contribution < 1.29 is 4.79 Å². The molecule has 0 bridgehead atoms. The van der Waals surface area contributed by atoms with Crippen molar-refractivity contribution in [3.8, 4) is 21.8 Å². The van der Waals surface area contributed by atoms with Gasteiger partial charge >= 0.3 is 0 Å². The number of hydrogen-bond acceptors (Lipinski definition) is 5. The molecule has 0 unspecified atom stereocenters. The van der Waals surface area contributed by atoms with E-state index in [1.54, 1.807) is 21.9 Å². The van der Waals surface area contributed by atoms with Gasteiger partial charge in [0.15, 0.2) is 0 Å². The van der Waals surface area contributed by atoms with Gasteiger partial charge in [-0.1, -0.05) is 0 Å². The summed E-state index contributed by atoms with van der Waals surface area (Å²) >= 11 is 1.58. The number of pyridine rings is 2. The van der Waals surface area contributed by atoms with Crippen LogP contribution in [0.5, 0.6) is 0 Å². The second kappa shape index (κ2) is 5.54. The molecule has 2 N–H and O–H groups in total. The quantitative estimate of drug-likeness (QED) is 0.624. The molecular formula is C17H13N5OS. The molecule has 118 valence electrons. The highest BCUT2D eigenvalue weighted by Crippen LogP contribution is 2.32. The number of aromatic nitrogens is 4. The second-order valence-corrected chi connectivity index (χ2v) is 6.21. The van der Waals surface area contributed by atoms with Crippen LogP contribution in [0, 0.1) is 6.92 Å². The Morgan fingerprint density at radius 3 is 2.88 bits per heavy atom. The number of primary amides is 1. The molecule has 0 spiro atoms. The minimum absolute atomic E-state index is 0.342. The summed E-state index contributed by atoms with van der Waals surface area (Å²) in [5.74, 6) is -0.517. The first-order valence-electron chi connectivity index (χ1n) is 7.28. The maximum absolute atomic E-state index is 11.6. The SMILES string of the molecule is Cc1csc(-c2cccnc2-c2ccc3ncc(C(N)=O)n3c2)n1. The van der Waals surface area contributed by atoms with Gasteiger partial charge in [0, 0.05) is 34.6 Å². The minimum Gasteiger partial charge on any atom is -0.364 e. The number of hydrogen-bond donors (Lipinski definition) is 1. The highest BCUT2D eigenvalue weighted by Gasteiger charge is 2.14. The highest BCUT2D eigenvalue weighted by molar-refractivity contribution is 7.13. The van der Waals surface area contributed by atoms with E-state index >= 15 is 0 Å². The Morgan fingerprint density at radius 2 is 2.12 bits per heavy atom. The van der Waals surface area contributed by atoms with Gasteiger partial charge in [-0.2, -0.15) is 0 Å². The third kappa shape index (κ3) is 2.35. The summed E-state index contributed by atoms with van der Waals surface area (Å²) in [6.07, 6.45) is 5.05. The molecule has 0 aliphatic carbocycles. The topological polar surface area (TPSA) is 86.2 Å². The summed E-state index contributed by atoms with van der Waals surface area (Å²) in [7, 11) is 0. The Bertz CT molecular complexity index is 1070. The predicted octanol–water partition coefficient (Wildman–Crippen LogP) is 2.93. The van der Waals surface area contributed by atoms with Crippen molar-refractivity contribution in [3.63, 3.8) is 0 Å². The molecule has 0 aromatic carbocycles. The van der Waals surface area contributed by atoms with Crippen molar-refractivity contribution in [1.82, 2.24) is 19.4 Å². The van der Waals surface area contributed by atoms with Crippen molar-refractivity contribution in [2.75, 3.05) is 0 Å². The van der Waals surface area contributed by atoms with Crippen LogP contribution in [0.4, 0.5) is 0 Å². The number of carbonyl (C=O) groups excluding carboxylic acids is 1. The van der Waals surface area contributed by atoms with E-state index in [9.17, 15) is 4.79 Å². The molecule has 0 saturated heterocycles. The molecule has 4 aromatic heterocycles. The van der Waals surface area contributed by atoms with E-state index in [1.807, 2.05) is 42.8 Å². The largest absolute Gasteiger partial charge is 0.364 e. The highest BCUT2D eigenvalue weighted by atomic mass is 32.1. The fourth-order valence-electron chi connectivity index (χ4n) is 2.59. The number of carbonyl (C=O) groups is 1. The van der Waals surface area contributed by atoms with E-state index in [2.05, 4.69) is 15.0 Å². The van der Waals surface area contributed by atoms with Crippen LogP contribution >= 0.6 is 11.3 Å². The first kappa shape index (κ1) is 14.5. The lowest BCUT2D eigenvalue weighted by Gasteiger charge is -2.07. The van der Waals surface area contributed by atoms with Gasteiger partial charge in [-0.05, 0) is 31.2 Å². The van der Waals surface area contributed by atoms with E-state index in [-0.39, 0.29) is 0 Å². The van der Waals surface area contributed by atoms with Crippen LogP contribution in [0.3, 0.4) is 0 Å². The third-order valence-corrected chi connectivity index (χ3v) is 4.68. The van der Waals surface area contributed by atoms with E-state index in [4.69, 9.17) is 5.73 Å². The third-order valence-electron chi connectivity index (χ3n) is 3.69. The minimum atomic E-state index is -0.517. The summed E-state index contributed by atoms with van der Waals surface area (Å²) in [6, 6.07) is 7.65. The van der Waals surface area contributed by atoms with Crippen LogP contribution in [-0.2, 0) is 0 Å². The predicted molar refractivity (Wildman–Crippen MR) is 92.8 cm³/mol. The Kier molecular flexibility index (Phi) is 3.35.